The fourth-order valence-electron chi connectivity index (χ4n) is 3.11. The molecule has 0 fully saturated rings. The van der Waals surface area contributed by atoms with Crippen molar-refractivity contribution in [3.63, 3.8) is 0 Å². The van der Waals surface area contributed by atoms with E-state index in [-0.39, 0.29) is 6.04 Å². The van der Waals surface area contributed by atoms with Gasteiger partial charge in [-0.05, 0) is 35.4 Å². The van der Waals surface area contributed by atoms with Gasteiger partial charge in [0.15, 0.2) is 0 Å². The Morgan fingerprint density at radius 3 is 2.08 bits per heavy atom. The average Bonchev–Trinajstić information content (AvgIpc) is 3.09. The van der Waals surface area contributed by atoms with Crippen LogP contribution < -0.4 is 10.7 Å². The van der Waals surface area contributed by atoms with Crippen LogP contribution in [0.4, 0.5) is 11.4 Å². The molecule has 2 N–H and O–H groups in total. The van der Waals surface area contributed by atoms with E-state index in [2.05, 4.69) is 41.4 Å². The van der Waals surface area contributed by atoms with E-state index in [1.165, 1.54) is 5.56 Å². The first-order valence-electron chi connectivity index (χ1n) is 8.14. The quantitative estimate of drug-likeness (QED) is 0.717. The molecule has 0 saturated carbocycles. The molecule has 0 saturated heterocycles. The van der Waals surface area contributed by atoms with E-state index in [1.807, 2.05) is 48.5 Å². The maximum atomic E-state index is 5.81. The van der Waals surface area contributed by atoms with Crippen LogP contribution in [0.2, 0.25) is 0 Å². The maximum Gasteiger partial charge on any atom is 0.0831 e. The number of benzene rings is 3. The van der Waals surface area contributed by atoms with E-state index in [0.717, 1.165) is 29.1 Å². The van der Waals surface area contributed by atoms with Gasteiger partial charge in [0.05, 0.1) is 17.4 Å². The van der Waals surface area contributed by atoms with Crippen molar-refractivity contribution in [1.82, 2.24) is 0 Å². The molecule has 3 nitrogen and oxygen atoms in total. The number of nitrogens with zero attached hydrogens (tertiary/aromatic N) is 2. The zero-order valence-electron chi connectivity index (χ0n) is 13.3. The summed E-state index contributed by atoms with van der Waals surface area (Å²) in [6.45, 7) is 0. The van der Waals surface area contributed by atoms with Crippen molar-refractivity contribution < 1.29 is 0 Å². The number of hydrogen-bond donors (Lipinski definition) is 1. The predicted molar refractivity (Wildman–Crippen MR) is 100 cm³/mol. The molecule has 1 aliphatic heterocycles. The van der Waals surface area contributed by atoms with Gasteiger partial charge in [0, 0.05) is 12.1 Å². The largest absolute Gasteiger partial charge is 0.399 e. The molecular formula is C21H19N3. The van der Waals surface area contributed by atoms with E-state index < -0.39 is 0 Å². The van der Waals surface area contributed by atoms with Gasteiger partial charge in [-0.25, -0.2) is 0 Å². The highest BCUT2D eigenvalue weighted by Gasteiger charge is 2.29. The minimum atomic E-state index is 0.209. The van der Waals surface area contributed by atoms with Gasteiger partial charge in [-0.3, -0.25) is 5.01 Å². The number of para-hydroxylation sites is 1. The van der Waals surface area contributed by atoms with Crippen molar-refractivity contribution in [2.75, 3.05) is 10.7 Å². The summed E-state index contributed by atoms with van der Waals surface area (Å²) in [5.74, 6) is 0. The van der Waals surface area contributed by atoms with Gasteiger partial charge in [0.2, 0.25) is 0 Å². The second-order valence-electron chi connectivity index (χ2n) is 5.98. The van der Waals surface area contributed by atoms with Gasteiger partial charge < -0.3 is 5.73 Å². The van der Waals surface area contributed by atoms with Gasteiger partial charge in [-0.2, -0.15) is 5.10 Å². The molecule has 0 bridgehead atoms. The monoisotopic (exact) mass is 313 g/mol. The molecule has 4 rings (SSSR count). The number of hydrogen-bond acceptors (Lipinski definition) is 3. The van der Waals surface area contributed by atoms with Crippen molar-refractivity contribution in [2.24, 2.45) is 5.10 Å². The second-order valence-corrected chi connectivity index (χ2v) is 5.98. The maximum absolute atomic E-state index is 5.81. The summed E-state index contributed by atoms with van der Waals surface area (Å²) in [5.41, 5.74) is 11.2. The molecular weight excluding hydrogens is 294 g/mol. The molecule has 0 aliphatic carbocycles. The van der Waals surface area contributed by atoms with Crippen LogP contribution in [-0.4, -0.2) is 5.71 Å². The van der Waals surface area contributed by atoms with Gasteiger partial charge in [-0.1, -0.05) is 60.7 Å². The Morgan fingerprint density at radius 2 is 1.42 bits per heavy atom. The SMILES string of the molecule is Nc1ccc(C2=NN(c3ccccc3)C(c3ccccc3)C2)cc1. The first-order chi connectivity index (χ1) is 11.8. The topological polar surface area (TPSA) is 41.6 Å². The third-order valence-electron chi connectivity index (χ3n) is 4.36. The van der Waals surface area contributed by atoms with E-state index in [1.54, 1.807) is 0 Å². The predicted octanol–water partition coefficient (Wildman–Crippen LogP) is 4.62. The van der Waals surface area contributed by atoms with Crippen molar-refractivity contribution in [2.45, 2.75) is 12.5 Å². The summed E-state index contributed by atoms with van der Waals surface area (Å²) in [6, 6.07) is 29.1. The highest BCUT2D eigenvalue weighted by molar-refractivity contribution is 6.03. The minimum Gasteiger partial charge on any atom is -0.399 e. The van der Waals surface area contributed by atoms with Crippen LogP contribution in [-0.2, 0) is 0 Å². The first-order valence-corrected chi connectivity index (χ1v) is 8.14. The Hall–Kier alpha value is -3.07. The molecule has 3 aromatic carbocycles. The van der Waals surface area contributed by atoms with Crippen LogP contribution in [0.3, 0.4) is 0 Å². The molecule has 1 atom stereocenters. The molecule has 1 heterocycles. The van der Waals surface area contributed by atoms with Crippen molar-refractivity contribution >= 4 is 17.1 Å². The molecule has 3 heteroatoms. The first kappa shape index (κ1) is 14.5. The molecule has 3 aromatic rings. The number of rotatable bonds is 3. The Labute approximate surface area is 142 Å². The lowest BCUT2D eigenvalue weighted by Gasteiger charge is -2.23. The highest BCUT2D eigenvalue weighted by Crippen LogP contribution is 2.36. The average molecular weight is 313 g/mol. The van der Waals surface area contributed by atoms with Crippen LogP contribution in [0.1, 0.15) is 23.6 Å². The highest BCUT2D eigenvalue weighted by atomic mass is 15.5. The third-order valence-corrected chi connectivity index (χ3v) is 4.36. The van der Waals surface area contributed by atoms with Gasteiger partial charge in [0.1, 0.15) is 0 Å². The summed E-state index contributed by atoms with van der Waals surface area (Å²) in [7, 11) is 0. The Balaban J connectivity index is 1.74. The Morgan fingerprint density at radius 1 is 0.792 bits per heavy atom. The smallest absolute Gasteiger partial charge is 0.0831 e. The second kappa shape index (κ2) is 6.20. The lowest BCUT2D eigenvalue weighted by Crippen LogP contribution is -2.18. The van der Waals surface area contributed by atoms with E-state index >= 15 is 0 Å². The number of anilines is 2. The summed E-state index contributed by atoms with van der Waals surface area (Å²) >= 11 is 0. The van der Waals surface area contributed by atoms with Gasteiger partial charge in [0.25, 0.3) is 0 Å². The normalized spacial score (nSPS) is 16.9. The molecule has 24 heavy (non-hydrogen) atoms. The summed E-state index contributed by atoms with van der Waals surface area (Å²) in [4.78, 5) is 0. The minimum absolute atomic E-state index is 0.209. The van der Waals surface area contributed by atoms with E-state index in [4.69, 9.17) is 10.8 Å². The lowest BCUT2D eigenvalue weighted by molar-refractivity contribution is 0.709. The zero-order valence-corrected chi connectivity index (χ0v) is 13.3. The fraction of sp³-hybridized carbons (Fsp3) is 0.0952. The van der Waals surface area contributed by atoms with Crippen LogP contribution in [0.5, 0.6) is 0 Å². The number of nitrogen functional groups attached to an aromatic ring is 1. The standard InChI is InChI=1S/C21H19N3/c22-18-13-11-16(12-14-18)20-15-21(17-7-3-1-4-8-17)24(23-20)19-9-5-2-6-10-19/h1-14,21H,15,22H2. The fourth-order valence-corrected chi connectivity index (χ4v) is 3.11. The molecule has 0 radical (unpaired) electrons. The number of hydrazone groups is 1. The van der Waals surface area contributed by atoms with Crippen molar-refractivity contribution in [3.8, 4) is 0 Å². The Bertz CT molecular complexity index is 839. The van der Waals surface area contributed by atoms with Crippen molar-refractivity contribution in [3.05, 3.63) is 96.1 Å². The molecule has 0 spiro atoms. The van der Waals surface area contributed by atoms with E-state index in [9.17, 15) is 0 Å². The lowest BCUT2D eigenvalue weighted by atomic mass is 9.98. The van der Waals surface area contributed by atoms with Gasteiger partial charge in [-0.15, -0.1) is 0 Å². The summed E-state index contributed by atoms with van der Waals surface area (Å²) in [5, 5.41) is 7.05. The third kappa shape index (κ3) is 2.76. The van der Waals surface area contributed by atoms with Crippen LogP contribution in [0.15, 0.2) is 90.0 Å². The molecule has 118 valence electrons. The Kier molecular flexibility index (Phi) is 3.75. The molecule has 1 aliphatic rings. The molecule has 0 amide bonds. The number of nitrogens with two attached hydrogens (primary N) is 1. The van der Waals surface area contributed by atoms with Crippen LogP contribution in [0.25, 0.3) is 0 Å². The zero-order chi connectivity index (χ0) is 16.4. The van der Waals surface area contributed by atoms with E-state index in [0.29, 0.717) is 0 Å². The van der Waals surface area contributed by atoms with Gasteiger partial charge >= 0.3 is 0 Å². The van der Waals surface area contributed by atoms with Crippen LogP contribution >= 0.6 is 0 Å². The molecule has 1 unspecified atom stereocenters. The summed E-state index contributed by atoms with van der Waals surface area (Å²) in [6.07, 6.45) is 0.878. The molecule has 0 aromatic heterocycles. The summed E-state index contributed by atoms with van der Waals surface area (Å²) < 4.78 is 0. The van der Waals surface area contributed by atoms with Crippen molar-refractivity contribution in [1.29, 1.82) is 0 Å². The van der Waals surface area contributed by atoms with Crippen LogP contribution in [0, 0.1) is 0 Å².